The molecular weight excluding hydrogens is 302 g/mol. The van der Waals surface area contributed by atoms with Gasteiger partial charge in [-0.2, -0.15) is 11.8 Å². The van der Waals surface area contributed by atoms with E-state index in [2.05, 4.69) is 16.8 Å². The summed E-state index contributed by atoms with van der Waals surface area (Å²) in [6.07, 6.45) is 4.94. The molecule has 1 fully saturated rings. The number of hydrogen-bond acceptors (Lipinski definition) is 6. The van der Waals surface area contributed by atoms with Gasteiger partial charge in [0, 0.05) is 18.3 Å². The summed E-state index contributed by atoms with van der Waals surface area (Å²) in [5.74, 6) is 1.11. The Morgan fingerprint density at radius 3 is 3.00 bits per heavy atom. The van der Waals surface area contributed by atoms with E-state index in [9.17, 15) is 8.42 Å². The van der Waals surface area contributed by atoms with E-state index in [0.29, 0.717) is 5.25 Å². The van der Waals surface area contributed by atoms with E-state index in [1.807, 2.05) is 11.8 Å². The third-order valence-corrected chi connectivity index (χ3v) is 6.71. The zero-order valence-electron chi connectivity index (χ0n) is 10.9. The van der Waals surface area contributed by atoms with Gasteiger partial charge in [0.05, 0.1) is 6.20 Å². The van der Waals surface area contributed by atoms with Crippen LogP contribution in [0.15, 0.2) is 10.4 Å². The Labute approximate surface area is 122 Å². The second-order valence-electron chi connectivity index (χ2n) is 4.53. The molecule has 2 N–H and O–H groups in total. The van der Waals surface area contributed by atoms with Crippen molar-refractivity contribution in [2.45, 2.75) is 35.6 Å². The van der Waals surface area contributed by atoms with Crippen LogP contribution in [0.2, 0.25) is 0 Å². The topological polar surface area (TPSA) is 76.3 Å². The highest BCUT2D eigenvalue weighted by Crippen LogP contribution is 2.30. The number of nitrogens with zero attached hydrogens (tertiary/aromatic N) is 2. The van der Waals surface area contributed by atoms with Gasteiger partial charge in [-0.1, -0.05) is 24.7 Å². The standard InChI is InChI=1S/C11H19N3O2S3/c1-2-17-9-5-3-4-6-14(8-9)11-13-7-10(18-11)19(12,15)16/h7,9H,2-6,8H2,1H3,(H2,12,15,16). The first-order chi connectivity index (χ1) is 9.00. The highest BCUT2D eigenvalue weighted by molar-refractivity contribution is 7.99. The van der Waals surface area contributed by atoms with Gasteiger partial charge in [-0.25, -0.2) is 18.5 Å². The Morgan fingerprint density at radius 1 is 1.58 bits per heavy atom. The van der Waals surface area contributed by atoms with Crippen molar-refractivity contribution >= 4 is 38.3 Å². The zero-order chi connectivity index (χ0) is 13.9. The van der Waals surface area contributed by atoms with Gasteiger partial charge in [-0.15, -0.1) is 0 Å². The molecule has 1 unspecified atom stereocenters. The lowest BCUT2D eigenvalue weighted by Crippen LogP contribution is -2.29. The summed E-state index contributed by atoms with van der Waals surface area (Å²) in [6.45, 7) is 4.05. The van der Waals surface area contributed by atoms with Crippen molar-refractivity contribution in [2.75, 3.05) is 23.7 Å². The molecule has 0 spiro atoms. The van der Waals surface area contributed by atoms with E-state index in [-0.39, 0.29) is 4.21 Å². The van der Waals surface area contributed by atoms with Crippen LogP contribution in [0.4, 0.5) is 5.13 Å². The number of hydrogen-bond donors (Lipinski definition) is 1. The summed E-state index contributed by atoms with van der Waals surface area (Å²) < 4.78 is 22.7. The smallest absolute Gasteiger partial charge is 0.249 e. The van der Waals surface area contributed by atoms with E-state index >= 15 is 0 Å². The summed E-state index contributed by atoms with van der Waals surface area (Å²) in [7, 11) is -3.63. The van der Waals surface area contributed by atoms with Gasteiger partial charge >= 0.3 is 0 Å². The van der Waals surface area contributed by atoms with Crippen molar-refractivity contribution in [1.82, 2.24) is 4.98 Å². The van der Waals surface area contributed by atoms with Crippen molar-refractivity contribution in [1.29, 1.82) is 0 Å². The Kier molecular flexibility index (Phi) is 5.10. The lowest BCUT2D eigenvalue weighted by molar-refractivity contribution is 0.599. The fraction of sp³-hybridized carbons (Fsp3) is 0.727. The maximum absolute atomic E-state index is 11.3. The molecule has 0 amide bonds. The highest BCUT2D eigenvalue weighted by Gasteiger charge is 2.22. The summed E-state index contributed by atoms with van der Waals surface area (Å²) in [5.41, 5.74) is 0. The second-order valence-corrected chi connectivity index (χ2v) is 8.90. The number of aromatic nitrogens is 1. The van der Waals surface area contributed by atoms with Crippen LogP contribution >= 0.6 is 23.1 Å². The predicted molar refractivity (Wildman–Crippen MR) is 81.5 cm³/mol. The number of thiazole rings is 1. The fourth-order valence-corrected chi connectivity index (χ4v) is 4.84. The molecular formula is C11H19N3O2S3. The van der Waals surface area contributed by atoms with Gasteiger partial charge in [-0.3, -0.25) is 0 Å². The minimum Gasteiger partial charge on any atom is -0.347 e. The van der Waals surface area contributed by atoms with Crippen molar-refractivity contribution < 1.29 is 8.42 Å². The molecule has 1 aliphatic rings. The second kappa shape index (κ2) is 6.43. The molecule has 0 aliphatic carbocycles. The maximum atomic E-state index is 11.3. The van der Waals surface area contributed by atoms with Gasteiger partial charge in [0.25, 0.3) is 0 Å². The number of anilines is 1. The Hall–Kier alpha value is -0.310. The Bertz CT molecular complexity index is 515. The molecule has 0 radical (unpaired) electrons. The van der Waals surface area contributed by atoms with Crippen LogP contribution in [0.1, 0.15) is 26.2 Å². The van der Waals surface area contributed by atoms with Gasteiger partial charge < -0.3 is 4.90 Å². The van der Waals surface area contributed by atoms with Crippen molar-refractivity contribution in [3.8, 4) is 0 Å². The van der Waals surface area contributed by atoms with Crippen LogP contribution in [-0.4, -0.2) is 37.5 Å². The van der Waals surface area contributed by atoms with Crippen molar-refractivity contribution in [3.63, 3.8) is 0 Å². The van der Waals surface area contributed by atoms with Gasteiger partial charge in [-0.05, 0) is 18.6 Å². The van der Waals surface area contributed by atoms with E-state index < -0.39 is 10.0 Å². The molecule has 108 valence electrons. The predicted octanol–water partition coefficient (Wildman–Crippen LogP) is 1.90. The first kappa shape index (κ1) is 15.1. The van der Waals surface area contributed by atoms with Crippen LogP contribution < -0.4 is 10.0 Å². The van der Waals surface area contributed by atoms with Crippen molar-refractivity contribution in [3.05, 3.63) is 6.20 Å². The molecule has 0 bridgehead atoms. The minimum absolute atomic E-state index is 0.145. The summed E-state index contributed by atoms with van der Waals surface area (Å²) in [4.78, 5) is 6.41. The number of primary sulfonamides is 1. The van der Waals surface area contributed by atoms with Crippen LogP contribution in [-0.2, 0) is 10.0 Å². The van der Waals surface area contributed by atoms with E-state index in [0.717, 1.165) is 30.4 Å². The molecule has 1 aromatic rings. The SMILES string of the molecule is CCSC1CCCCN(c2ncc(S(N)(=O)=O)s2)C1. The molecule has 5 nitrogen and oxygen atoms in total. The zero-order valence-corrected chi connectivity index (χ0v) is 13.4. The molecule has 0 saturated carbocycles. The van der Waals surface area contributed by atoms with Crippen LogP contribution in [0.5, 0.6) is 0 Å². The Balaban J connectivity index is 2.13. The lowest BCUT2D eigenvalue weighted by Gasteiger charge is -2.23. The van der Waals surface area contributed by atoms with E-state index in [1.54, 1.807) is 0 Å². The first-order valence-electron chi connectivity index (χ1n) is 6.36. The third kappa shape index (κ3) is 4.08. The molecule has 1 atom stereocenters. The van der Waals surface area contributed by atoms with Crippen LogP contribution in [0.25, 0.3) is 0 Å². The molecule has 8 heteroatoms. The average molecular weight is 321 g/mol. The molecule has 19 heavy (non-hydrogen) atoms. The van der Waals surface area contributed by atoms with E-state index in [1.165, 1.54) is 30.4 Å². The highest BCUT2D eigenvalue weighted by atomic mass is 32.2. The maximum Gasteiger partial charge on any atom is 0.249 e. The summed E-state index contributed by atoms with van der Waals surface area (Å²) in [6, 6.07) is 0. The number of rotatable bonds is 4. The van der Waals surface area contributed by atoms with Gasteiger partial charge in [0.15, 0.2) is 9.34 Å². The first-order valence-corrected chi connectivity index (χ1v) is 9.77. The molecule has 2 rings (SSSR count). The third-order valence-electron chi connectivity index (χ3n) is 3.05. The molecule has 2 heterocycles. The van der Waals surface area contributed by atoms with E-state index in [4.69, 9.17) is 5.14 Å². The van der Waals surface area contributed by atoms with Gasteiger partial charge in [0.2, 0.25) is 10.0 Å². The largest absolute Gasteiger partial charge is 0.347 e. The Morgan fingerprint density at radius 2 is 2.37 bits per heavy atom. The van der Waals surface area contributed by atoms with Gasteiger partial charge in [0.1, 0.15) is 0 Å². The van der Waals surface area contributed by atoms with Crippen LogP contribution in [0.3, 0.4) is 0 Å². The summed E-state index contributed by atoms with van der Waals surface area (Å²) in [5, 5.41) is 6.50. The minimum atomic E-state index is -3.63. The normalized spacial score (nSPS) is 21.4. The fourth-order valence-electron chi connectivity index (χ4n) is 2.18. The number of nitrogens with two attached hydrogens (primary N) is 1. The lowest BCUT2D eigenvalue weighted by atomic mass is 10.2. The summed E-state index contributed by atoms with van der Waals surface area (Å²) >= 11 is 3.14. The molecule has 0 aromatic carbocycles. The quantitative estimate of drug-likeness (QED) is 0.916. The molecule has 1 saturated heterocycles. The van der Waals surface area contributed by atoms with Crippen molar-refractivity contribution in [2.24, 2.45) is 5.14 Å². The molecule has 1 aromatic heterocycles. The average Bonchev–Trinajstić information content (AvgIpc) is 2.72. The number of sulfonamides is 1. The number of thioether (sulfide) groups is 1. The molecule has 1 aliphatic heterocycles. The monoisotopic (exact) mass is 321 g/mol. The van der Waals surface area contributed by atoms with Crippen LogP contribution in [0, 0.1) is 0 Å².